The maximum absolute atomic E-state index is 5.71. The predicted molar refractivity (Wildman–Crippen MR) is 56.5 cm³/mol. The van der Waals surface area contributed by atoms with Crippen LogP contribution >= 0.6 is 0 Å². The Labute approximate surface area is 81.5 Å². The Bertz CT molecular complexity index is 232. The molecule has 0 aromatic heterocycles. The molecule has 1 unspecified atom stereocenters. The number of hydrogen-bond acceptors (Lipinski definition) is 1. The van der Waals surface area contributed by atoms with Crippen molar-refractivity contribution in [2.24, 2.45) is 5.92 Å². The van der Waals surface area contributed by atoms with Gasteiger partial charge in [-0.3, -0.25) is 0 Å². The number of allylic oxidation sites excluding steroid dienone is 3. The minimum atomic E-state index is 0.685. The molecular formula is C12H20O. The molecule has 0 N–H and O–H groups in total. The van der Waals surface area contributed by atoms with E-state index in [-0.39, 0.29) is 0 Å². The van der Waals surface area contributed by atoms with Crippen LogP contribution in [0.4, 0.5) is 0 Å². The third kappa shape index (κ3) is 2.91. The van der Waals surface area contributed by atoms with E-state index in [0.717, 1.165) is 18.8 Å². The molecule has 0 fully saturated rings. The highest BCUT2D eigenvalue weighted by atomic mass is 16.5. The van der Waals surface area contributed by atoms with Crippen molar-refractivity contribution in [2.75, 3.05) is 6.61 Å². The van der Waals surface area contributed by atoms with Crippen LogP contribution in [0.5, 0.6) is 0 Å². The van der Waals surface area contributed by atoms with Crippen molar-refractivity contribution in [3.63, 3.8) is 0 Å². The number of hydrogen-bond donors (Lipinski definition) is 0. The summed E-state index contributed by atoms with van der Waals surface area (Å²) in [6, 6.07) is 0. The predicted octanol–water partition coefficient (Wildman–Crippen LogP) is 3.67. The van der Waals surface area contributed by atoms with Gasteiger partial charge in [0.1, 0.15) is 5.76 Å². The molecule has 0 bridgehead atoms. The maximum Gasteiger partial charge on any atom is 0.118 e. The van der Waals surface area contributed by atoms with Gasteiger partial charge in [-0.25, -0.2) is 0 Å². The van der Waals surface area contributed by atoms with Crippen LogP contribution in [0.3, 0.4) is 0 Å². The van der Waals surface area contributed by atoms with E-state index in [2.05, 4.69) is 33.8 Å². The highest BCUT2D eigenvalue weighted by molar-refractivity contribution is 5.24. The number of ether oxygens (including phenoxy) is 1. The van der Waals surface area contributed by atoms with Gasteiger partial charge in [0.25, 0.3) is 0 Å². The van der Waals surface area contributed by atoms with Gasteiger partial charge in [-0.05, 0) is 44.3 Å². The van der Waals surface area contributed by atoms with Crippen molar-refractivity contribution in [1.29, 1.82) is 0 Å². The molecule has 13 heavy (non-hydrogen) atoms. The molecule has 0 saturated carbocycles. The molecule has 0 radical (unpaired) electrons. The summed E-state index contributed by atoms with van der Waals surface area (Å²) in [5.41, 5.74) is 2.79. The zero-order valence-electron chi connectivity index (χ0n) is 9.18. The summed E-state index contributed by atoms with van der Waals surface area (Å²) in [4.78, 5) is 0. The van der Waals surface area contributed by atoms with Crippen LogP contribution in [0.15, 0.2) is 23.0 Å². The lowest BCUT2D eigenvalue weighted by atomic mass is 9.96. The highest BCUT2D eigenvalue weighted by Crippen LogP contribution is 2.26. The van der Waals surface area contributed by atoms with Gasteiger partial charge in [0.15, 0.2) is 0 Å². The molecule has 1 aliphatic rings. The molecule has 1 rings (SSSR count). The van der Waals surface area contributed by atoms with Crippen LogP contribution in [0, 0.1) is 5.92 Å². The van der Waals surface area contributed by atoms with Gasteiger partial charge in [-0.15, -0.1) is 0 Å². The van der Waals surface area contributed by atoms with Crippen LogP contribution in [-0.2, 0) is 4.74 Å². The standard InChI is InChI=1S/C12H20O/c1-5-11-7-10(4)8-13-12(11)6-9(2)3/h6,10H,5,7-8H2,1-4H3. The average Bonchev–Trinajstić information content (AvgIpc) is 2.07. The van der Waals surface area contributed by atoms with Crippen LogP contribution < -0.4 is 0 Å². The van der Waals surface area contributed by atoms with Gasteiger partial charge in [0.05, 0.1) is 6.61 Å². The second-order valence-corrected chi connectivity index (χ2v) is 4.16. The average molecular weight is 180 g/mol. The Morgan fingerprint density at radius 1 is 1.54 bits per heavy atom. The van der Waals surface area contributed by atoms with Gasteiger partial charge in [0, 0.05) is 0 Å². The van der Waals surface area contributed by atoms with Crippen molar-refractivity contribution in [2.45, 2.75) is 40.5 Å². The monoisotopic (exact) mass is 180 g/mol. The largest absolute Gasteiger partial charge is 0.493 e. The lowest BCUT2D eigenvalue weighted by molar-refractivity contribution is 0.156. The Morgan fingerprint density at radius 3 is 2.77 bits per heavy atom. The van der Waals surface area contributed by atoms with Gasteiger partial charge in [-0.2, -0.15) is 0 Å². The summed E-state index contributed by atoms with van der Waals surface area (Å²) >= 11 is 0. The van der Waals surface area contributed by atoms with Gasteiger partial charge >= 0.3 is 0 Å². The smallest absolute Gasteiger partial charge is 0.118 e. The molecule has 0 aromatic carbocycles. The normalized spacial score (nSPS) is 22.6. The Morgan fingerprint density at radius 2 is 2.23 bits per heavy atom. The highest BCUT2D eigenvalue weighted by Gasteiger charge is 2.16. The molecular weight excluding hydrogens is 160 g/mol. The third-order valence-corrected chi connectivity index (χ3v) is 2.31. The van der Waals surface area contributed by atoms with Crippen LogP contribution in [0.25, 0.3) is 0 Å². The molecule has 0 aliphatic carbocycles. The maximum atomic E-state index is 5.71. The molecule has 74 valence electrons. The summed E-state index contributed by atoms with van der Waals surface area (Å²) in [6.45, 7) is 9.55. The van der Waals surface area contributed by atoms with E-state index in [1.165, 1.54) is 17.6 Å². The molecule has 0 saturated heterocycles. The molecule has 1 nitrogen and oxygen atoms in total. The fourth-order valence-electron chi connectivity index (χ4n) is 1.64. The van der Waals surface area contributed by atoms with E-state index in [9.17, 15) is 0 Å². The summed E-state index contributed by atoms with van der Waals surface area (Å²) < 4.78 is 5.71. The molecule has 0 amide bonds. The van der Waals surface area contributed by atoms with Crippen molar-refractivity contribution in [3.05, 3.63) is 23.0 Å². The molecule has 1 atom stereocenters. The van der Waals surface area contributed by atoms with E-state index in [1.807, 2.05) is 0 Å². The van der Waals surface area contributed by atoms with Crippen molar-refractivity contribution in [3.8, 4) is 0 Å². The quantitative estimate of drug-likeness (QED) is 0.630. The first kappa shape index (κ1) is 10.4. The summed E-state index contributed by atoms with van der Waals surface area (Å²) in [5, 5.41) is 0. The summed E-state index contributed by atoms with van der Waals surface area (Å²) in [5.74, 6) is 1.81. The molecule has 0 spiro atoms. The summed E-state index contributed by atoms with van der Waals surface area (Å²) in [7, 11) is 0. The van der Waals surface area contributed by atoms with E-state index >= 15 is 0 Å². The second-order valence-electron chi connectivity index (χ2n) is 4.16. The fourth-order valence-corrected chi connectivity index (χ4v) is 1.64. The van der Waals surface area contributed by atoms with E-state index in [4.69, 9.17) is 4.74 Å². The van der Waals surface area contributed by atoms with Crippen LogP contribution in [0.1, 0.15) is 40.5 Å². The first-order chi connectivity index (χ1) is 6.13. The molecule has 1 heteroatoms. The van der Waals surface area contributed by atoms with Crippen LogP contribution in [-0.4, -0.2) is 6.61 Å². The molecule has 0 aromatic rings. The number of rotatable bonds is 2. The minimum absolute atomic E-state index is 0.685. The fraction of sp³-hybridized carbons (Fsp3) is 0.667. The lowest BCUT2D eigenvalue weighted by Gasteiger charge is -2.23. The summed E-state index contributed by atoms with van der Waals surface area (Å²) in [6.07, 6.45) is 4.48. The molecule has 1 aliphatic heterocycles. The third-order valence-electron chi connectivity index (χ3n) is 2.31. The van der Waals surface area contributed by atoms with E-state index < -0.39 is 0 Å². The SMILES string of the molecule is CCC1=C(C=C(C)C)OCC(C)C1. The van der Waals surface area contributed by atoms with Gasteiger partial charge in [0.2, 0.25) is 0 Å². The van der Waals surface area contributed by atoms with Crippen LogP contribution in [0.2, 0.25) is 0 Å². The first-order valence-electron chi connectivity index (χ1n) is 5.13. The van der Waals surface area contributed by atoms with E-state index in [1.54, 1.807) is 0 Å². The van der Waals surface area contributed by atoms with Gasteiger partial charge < -0.3 is 4.74 Å². The second kappa shape index (κ2) is 4.50. The topological polar surface area (TPSA) is 9.23 Å². The van der Waals surface area contributed by atoms with E-state index in [0.29, 0.717) is 5.92 Å². The minimum Gasteiger partial charge on any atom is -0.493 e. The Hall–Kier alpha value is -0.720. The zero-order chi connectivity index (χ0) is 9.84. The zero-order valence-corrected chi connectivity index (χ0v) is 9.18. The lowest BCUT2D eigenvalue weighted by Crippen LogP contribution is -2.14. The van der Waals surface area contributed by atoms with Crippen molar-refractivity contribution < 1.29 is 4.74 Å². The van der Waals surface area contributed by atoms with Gasteiger partial charge in [-0.1, -0.05) is 19.4 Å². The van der Waals surface area contributed by atoms with Crippen molar-refractivity contribution >= 4 is 0 Å². The Balaban J connectivity index is 2.83. The first-order valence-corrected chi connectivity index (χ1v) is 5.13. The molecule has 1 heterocycles. The van der Waals surface area contributed by atoms with Crippen molar-refractivity contribution in [1.82, 2.24) is 0 Å². The Kier molecular flexibility index (Phi) is 3.58.